The van der Waals surface area contributed by atoms with E-state index in [0.29, 0.717) is 18.9 Å². The Morgan fingerprint density at radius 3 is 2.55 bits per heavy atom. The minimum absolute atomic E-state index is 0.104. The number of fused-ring (bicyclic) bond motifs is 1. The number of nitrogens with one attached hydrogen (secondary N) is 1. The normalized spacial score (nSPS) is 23.3. The highest BCUT2D eigenvalue weighted by molar-refractivity contribution is 7.92. The van der Waals surface area contributed by atoms with Crippen LogP contribution in [0.3, 0.4) is 0 Å². The van der Waals surface area contributed by atoms with Gasteiger partial charge in [-0.1, -0.05) is 6.92 Å². The molecule has 2 heterocycles. The molecule has 182 valence electrons. The zero-order valence-corrected chi connectivity index (χ0v) is 20.8. The molecule has 1 aromatic carbocycles. The van der Waals surface area contributed by atoms with Crippen molar-refractivity contribution in [2.24, 2.45) is 13.0 Å². The Morgan fingerprint density at radius 2 is 1.91 bits per heavy atom. The van der Waals surface area contributed by atoms with Gasteiger partial charge in [-0.25, -0.2) is 4.98 Å². The Bertz CT molecular complexity index is 1090. The number of benzene rings is 1. The number of carbonyl (C=O) groups is 1. The van der Waals surface area contributed by atoms with Crippen LogP contribution in [0.15, 0.2) is 35.7 Å². The van der Waals surface area contributed by atoms with E-state index in [0.717, 1.165) is 6.54 Å². The van der Waals surface area contributed by atoms with Crippen molar-refractivity contribution >= 4 is 21.6 Å². The molecular weight excluding hydrogens is 446 g/mol. The maximum Gasteiger partial charge on any atom is 0.280 e. The van der Waals surface area contributed by atoms with Crippen molar-refractivity contribution in [1.82, 2.24) is 19.4 Å². The molecule has 1 aliphatic rings. The Kier molecular flexibility index (Phi) is 7.65. The zero-order chi connectivity index (χ0) is 24.3. The fraction of sp³-hybridized carbons (Fsp3) is 0.545. The van der Waals surface area contributed by atoms with Crippen LogP contribution >= 0.6 is 0 Å². The van der Waals surface area contributed by atoms with Gasteiger partial charge < -0.3 is 18.9 Å². The van der Waals surface area contributed by atoms with Gasteiger partial charge in [0.05, 0.1) is 18.0 Å². The molecule has 0 spiro atoms. The van der Waals surface area contributed by atoms with Gasteiger partial charge in [-0.2, -0.15) is 8.42 Å². The van der Waals surface area contributed by atoms with Crippen molar-refractivity contribution in [3.63, 3.8) is 0 Å². The minimum Gasteiger partial charge on any atom is -0.491 e. The molecule has 1 amide bonds. The standard InChI is InChI=1S/C22H33N5O5S/c1-15-10-26(4)16(2)13-32-19-8-7-17(24-33(29,30)21-12-25(3)14-23-21)9-18(19)22(28)27(5)11-20(15)31-6/h7-9,12,14-16,20,24H,10-11,13H2,1-6H3/t15-,16-,20+/m1/s1. The number of likely N-dealkylation sites (N-methyl/N-ethyl adjacent to an activating group) is 2. The Morgan fingerprint density at radius 1 is 1.18 bits per heavy atom. The predicted molar refractivity (Wildman–Crippen MR) is 125 cm³/mol. The van der Waals surface area contributed by atoms with Crippen molar-refractivity contribution in [2.75, 3.05) is 45.6 Å². The Labute approximate surface area is 195 Å². The van der Waals surface area contributed by atoms with Gasteiger partial charge in [-0.05, 0) is 38.1 Å². The number of ether oxygens (including phenoxy) is 2. The molecule has 1 aliphatic heterocycles. The number of hydrogen-bond acceptors (Lipinski definition) is 7. The van der Waals surface area contributed by atoms with Crippen molar-refractivity contribution in [3.05, 3.63) is 36.3 Å². The molecule has 0 fully saturated rings. The van der Waals surface area contributed by atoms with Gasteiger partial charge in [0.25, 0.3) is 15.9 Å². The molecule has 0 bridgehead atoms. The highest BCUT2D eigenvalue weighted by Gasteiger charge is 2.27. The van der Waals surface area contributed by atoms with Crippen LogP contribution in [-0.2, 0) is 21.8 Å². The van der Waals surface area contributed by atoms with E-state index in [1.807, 2.05) is 7.05 Å². The summed E-state index contributed by atoms with van der Waals surface area (Å²) in [5.74, 6) is 0.309. The smallest absolute Gasteiger partial charge is 0.280 e. The number of amides is 1. The fourth-order valence-corrected chi connectivity index (χ4v) is 4.79. The maximum absolute atomic E-state index is 13.3. The first-order chi connectivity index (χ1) is 15.5. The second-order valence-corrected chi connectivity index (χ2v) is 10.4. The zero-order valence-electron chi connectivity index (χ0n) is 20.0. The van der Waals surface area contributed by atoms with E-state index < -0.39 is 10.0 Å². The van der Waals surface area contributed by atoms with E-state index in [1.54, 1.807) is 42.8 Å². The van der Waals surface area contributed by atoms with Crippen LogP contribution < -0.4 is 9.46 Å². The molecule has 11 heteroatoms. The highest BCUT2D eigenvalue weighted by Crippen LogP contribution is 2.27. The van der Waals surface area contributed by atoms with Crippen molar-refractivity contribution in [3.8, 4) is 5.75 Å². The van der Waals surface area contributed by atoms with Crippen molar-refractivity contribution in [2.45, 2.75) is 31.0 Å². The molecule has 3 atom stereocenters. The van der Waals surface area contributed by atoms with E-state index in [4.69, 9.17) is 9.47 Å². The summed E-state index contributed by atoms with van der Waals surface area (Å²) in [4.78, 5) is 21.0. The van der Waals surface area contributed by atoms with Gasteiger partial charge in [0.2, 0.25) is 0 Å². The Hall–Kier alpha value is -2.63. The third-order valence-electron chi connectivity index (χ3n) is 5.97. The molecule has 0 unspecified atom stereocenters. The summed E-state index contributed by atoms with van der Waals surface area (Å²) < 4.78 is 41.1. The number of aromatic nitrogens is 2. The number of methoxy groups -OCH3 is 1. The Balaban J connectivity index is 1.95. The number of hydrogen-bond donors (Lipinski definition) is 1. The van der Waals surface area contributed by atoms with Gasteiger partial charge in [-0.3, -0.25) is 14.4 Å². The van der Waals surface area contributed by atoms with Crippen LogP contribution in [0, 0.1) is 5.92 Å². The summed E-state index contributed by atoms with van der Waals surface area (Å²) >= 11 is 0. The molecule has 2 aromatic rings. The molecule has 1 aromatic heterocycles. The molecule has 0 saturated carbocycles. The van der Waals surface area contributed by atoms with E-state index in [9.17, 15) is 13.2 Å². The monoisotopic (exact) mass is 479 g/mol. The van der Waals surface area contributed by atoms with Crippen LogP contribution in [0.5, 0.6) is 5.75 Å². The second kappa shape index (κ2) is 10.1. The lowest BCUT2D eigenvalue weighted by molar-refractivity contribution is 0.0150. The fourth-order valence-electron chi connectivity index (χ4n) is 3.76. The number of imidazole rings is 1. The number of anilines is 1. The third-order valence-corrected chi connectivity index (χ3v) is 7.23. The quantitative estimate of drug-likeness (QED) is 0.711. The van der Waals surface area contributed by atoms with Crippen LogP contribution in [-0.4, -0.2) is 86.7 Å². The summed E-state index contributed by atoms with van der Waals surface area (Å²) in [5, 5.41) is -0.105. The molecule has 0 saturated heterocycles. The molecule has 3 rings (SSSR count). The van der Waals surface area contributed by atoms with E-state index in [1.165, 1.54) is 18.6 Å². The first-order valence-corrected chi connectivity index (χ1v) is 12.3. The van der Waals surface area contributed by atoms with E-state index >= 15 is 0 Å². The molecule has 1 N–H and O–H groups in total. The van der Waals surface area contributed by atoms with E-state index in [-0.39, 0.29) is 40.2 Å². The average Bonchev–Trinajstić information content (AvgIpc) is 3.21. The molecule has 0 radical (unpaired) electrons. The first-order valence-electron chi connectivity index (χ1n) is 10.8. The highest BCUT2D eigenvalue weighted by atomic mass is 32.2. The first kappa shape index (κ1) is 25.0. The predicted octanol–water partition coefficient (Wildman–Crippen LogP) is 1.66. The second-order valence-electron chi connectivity index (χ2n) is 8.73. The van der Waals surface area contributed by atoms with Crippen molar-refractivity contribution in [1.29, 1.82) is 0 Å². The lowest BCUT2D eigenvalue weighted by atomic mass is 10.0. The summed E-state index contributed by atoms with van der Waals surface area (Å²) in [6.45, 7) is 5.72. The van der Waals surface area contributed by atoms with Crippen LogP contribution in [0.25, 0.3) is 0 Å². The van der Waals surface area contributed by atoms with Crippen LogP contribution in [0.4, 0.5) is 5.69 Å². The van der Waals surface area contributed by atoms with Gasteiger partial charge >= 0.3 is 0 Å². The summed E-state index contributed by atoms with van der Waals surface area (Å²) in [7, 11) is 3.17. The summed E-state index contributed by atoms with van der Waals surface area (Å²) in [6.07, 6.45) is 2.66. The SMILES string of the molecule is CO[C@H]1CN(C)C(=O)c2cc(NS(=O)(=O)c3cn(C)cn3)ccc2OC[C@@H](C)N(C)C[C@H]1C. The average molecular weight is 480 g/mol. The third kappa shape index (κ3) is 5.84. The molecular formula is C22H33N5O5S. The molecule has 33 heavy (non-hydrogen) atoms. The van der Waals surface area contributed by atoms with Gasteiger partial charge in [0.15, 0.2) is 5.03 Å². The van der Waals surface area contributed by atoms with Crippen LogP contribution in [0.2, 0.25) is 0 Å². The van der Waals surface area contributed by atoms with Crippen LogP contribution in [0.1, 0.15) is 24.2 Å². The summed E-state index contributed by atoms with van der Waals surface area (Å²) in [6, 6.07) is 4.80. The van der Waals surface area contributed by atoms with E-state index in [2.05, 4.69) is 28.5 Å². The largest absolute Gasteiger partial charge is 0.491 e. The lowest BCUT2D eigenvalue weighted by Gasteiger charge is -2.34. The molecule has 10 nitrogen and oxygen atoms in total. The number of carbonyl (C=O) groups excluding carboxylic acids is 1. The number of sulfonamides is 1. The lowest BCUT2D eigenvalue weighted by Crippen LogP contribution is -2.45. The number of aryl methyl sites for hydroxylation is 1. The van der Waals surface area contributed by atoms with Gasteiger partial charge in [0.1, 0.15) is 12.4 Å². The van der Waals surface area contributed by atoms with Gasteiger partial charge in [0, 0.05) is 52.2 Å². The number of nitrogens with zero attached hydrogens (tertiary/aromatic N) is 4. The topological polar surface area (TPSA) is 106 Å². The van der Waals surface area contributed by atoms with Gasteiger partial charge in [-0.15, -0.1) is 0 Å². The van der Waals surface area contributed by atoms with Crippen molar-refractivity contribution < 1.29 is 22.7 Å². The minimum atomic E-state index is -3.90. The molecule has 0 aliphatic carbocycles. The number of rotatable bonds is 4. The maximum atomic E-state index is 13.3. The summed E-state index contributed by atoms with van der Waals surface area (Å²) in [5.41, 5.74) is 0.523.